The lowest BCUT2D eigenvalue weighted by Gasteiger charge is -2.12. The van der Waals surface area contributed by atoms with E-state index in [1.165, 1.54) is 0 Å². The quantitative estimate of drug-likeness (QED) is 0.671. The topological polar surface area (TPSA) is 66.9 Å². The number of halogens is 1. The van der Waals surface area contributed by atoms with Crippen molar-refractivity contribution in [3.63, 3.8) is 0 Å². The van der Waals surface area contributed by atoms with Crippen molar-refractivity contribution in [3.05, 3.63) is 81.8 Å². The van der Waals surface area contributed by atoms with Gasteiger partial charge in [0.25, 0.3) is 5.91 Å². The Morgan fingerprint density at radius 1 is 1.04 bits per heavy atom. The minimum absolute atomic E-state index is 0.243. The Morgan fingerprint density at radius 2 is 1.81 bits per heavy atom. The Bertz CT molecular complexity index is 988. The van der Waals surface area contributed by atoms with Crippen LogP contribution in [-0.4, -0.2) is 15.9 Å². The maximum atomic E-state index is 12.5. The number of hydrogen-bond acceptors (Lipinski definition) is 4. The molecule has 0 aliphatic heterocycles. The lowest BCUT2D eigenvalue weighted by molar-refractivity contribution is 0.0945. The molecule has 138 valence electrons. The van der Waals surface area contributed by atoms with Gasteiger partial charge in [-0.3, -0.25) is 4.79 Å². The molecule has 3 aromatic rings. The number of benzene rings is 2. The van der Waals surface area contributed by atoms with Gasteiger partial charge in [0, 0.05) is 23.3 Å². The molecule has 0 aliphatic carbocycles. The van der Waals surface area contributed by atoms with Gasteiger partial charge in [-0.15, -0.1) is 0 Å². The predicted molar refractivity (Wildman–Crippen MR) is 109 cm³/mol. The number of carbonyl (C=O) groups excluding carboxylic acids is 1. The molecular weight excluding hydrogens is 360 g/mol. The second-order valence-electron chi connectivity index (χ2n) is 6.39. The number of rotatable bonds is 5. The molecule has 0 atom stereocenters. The minimum atomic E-state index is -0.243. The van der Waals surface area contributed by atoms with Crippen molar-refractivity contribution >= 4 is 29.0 Å². The molecular formula is C21H21ClN4O. The maximum absolute atomic E-state index is 12.5. The summed E-state index contributed by atoms with van der Waals surface area (Å²) in [5, 5.41) is 6.79. The highest BCUT2D eigenvalue weighted by Crippen LogP contribution is 2.25. The van der Waals surface area contributed by atoms with Crippen LogP contribution in [0, 0.1) is 20.8 Å². The smallest absolute Gasteiger partial charge is 0.270 e. The Kier molecular flexibility index (Phi) is 5.72. The zero-order valence-electron chi connectivity index (χ0n) is 15.5. The first-order valence-corrected chi connectivity index (χ1v) is 9.02. The molecule has 0 unspecified atom stereocenters. The Hall–Kier alpha value is -2.92. The molecule has 0 spiro atoms. The molecule has 0 bridgehead atoms. The van der Waals surface area contributed by atoms with Gasteiger partial charge in [0.05, 0.1) is 0 Å². The van der Waals surface area contributed by atoms with E-state index >= 15 is 0 Å². The van der Waals surface area contributed by atoms with Gasteiger partial charge in [-0.05, 0) is 44.0 Å². The fourth-order valence-electron chi connectivity index (χ4n) is 2.72. The fourth-order valence-corrected chi connectivity index (χ4v) is 2.90. The van der Waals surface area contributed by atoms with Gasteiger partial charge in [0.2, 0.25) is 0 Å². The molecule has 0 aliphatic rings. The molecule has 5 nitrogen and oxygen atoms in total. The summed E-state index contributed by atoms with van der Waals surface area (Å²) in [5.41, 5.74) is 4.27. The van der Waals surface area contributed by atoms with Crippen LogP contribution in [0.3, 0.4) is 0 Å². The summed E-state index contributed by atoms with van der Waals surface area (Å²) in [6, 6.07) is 15.3. The number of carbonyl (C=O) groups is 1. The van der Waals surface area contributed by atoms with E-state index in [9.17, 15) is 4.79 Å². The number of aromatic nitrogens is 2. The molecule has 1 amide bonds. The van der Waals surface area contributed by atoms with Crippen LogP contribution < -0.4 is 10.6 Å². The molecule has 0 radical (unpaired) electrons. The van der Waals surface area contributed by atoms with Gasteiger partial charge in [0.15, 0.2) is 0 Å². The molecule has 2 aromatic carbocycles. The van der Waals surface area contributed by atoms with E-state index in [1.54, 1.807) is 13.0 Å². The Balaban J connectivity index is 1.76. The zero-order valence-corrected chi connectivity index (χ0v) is 16.3. The maximum Gasteiger partial charge on any atom is 0.270 e. The van der Waals surface area contributed by atoms with Crippen molar-refractivity contribution in [1.82, 2.24) is 15.3 Å². The van der Waals surface area contributed by atoms with Crippen LogP contribution in [-0.2, 0) is 6.54 Å². The van der Waals surface area contributed by atoms with Crippen LogP contribution in [0.5, 0.6) is 0 Å². The minimum Gasteiger partial charge on any atom is -0.347 e. The third-order valence-electron chi connectivity index (χ3n) is 4.14. The van der Waals surface area contributed by atoms with Crippen molar-refractivity contribution in [2.24, 2.45) is 0 Å². The summed E-state index contributed by atoms with van der Waals surface area (Å²) in [5.74, 6) is 0.821. The van der Waals surface area contributed by atoms with Gasteiger partial charge >= 0.3 is 0 Å². The summed E-state index contributed by atoms with van der Waals surface area (Å²) in [6.07, 6.45) is 0. The molecule has 27 heavy (non-hydrogen) atoms. The average molecular weight is 381 g/mol. The summed E-state index contributed by atoms with van der Waals surface area (Å²) in [6.45, 7) is 6.15. The highest BCUT2D eigenvalue weighted by molar-refractivity contribution is 6.31. The van der Waals surface area contributed by atoms with Crippen molar-refractivity contribution < 1.29 is 4.79 Å². The summed E-state index contributed by atoms with van der Waals surface area (Å²) < 4.78 is 0. The first-order chi connectivity index (χ1) is 12.9. The summed E-state index contributed by atoms with van der Waals surface area (Å²) >= 11 is 6.17. The highest BCUT2D eigenvalue weighted by Gasteiger charge is 2.12. The molecule has 0 fully saturated rings. The molecule has 0 saturated heterocycles. The third-order valence-corrected chi connectivity index (χ3v) is 4.55. The molecule has 1 aromatic heterocycles. The monoisotopic (exact) mass is 380 g/mol. The van der Waals surface area contributed by atoms with E-state index in [1.807, 2.05) is 56.3 Å². The molecule has 6 heteroatoms. The number of nitrogens with one attached hydrogen (secondary N) is 2. The summed E-state index contributed by atoms with van der Waals surface area (Å²) in [4.78, 5) is 21.2. The van der Waals surface area contributed by atoms with Crippen LogP contribution in [0.25, 0.3) is 0 Å². The standard InChI is InChI=1S/C21H21ClN4O/c1-13-6-4-7-16(10-13)12-23-21(27)19-11-20(25-15(3)24-19)26-18-9-5-8-17(22)14(18)2/h4-11H,12H2,1-3H3,(H,23,27)(H,24,25,26). The van der Waals surface area contributed by atoms with E-state index in [0.717, 1.165) is 22.4 Å². The number of anilines is 2. The van der Waals surface area contributed by atoms with E-state index < -0.39 is 0 Å². The Morgan fingerprint density at radius 3 is 2.59 bits per heavy atom. The fraction of sp³-hybridized carbons (Fsp3) is 0.190. The lowest BCUT2D eigenvalue weighted by Crippen LogP contribution is -2.24. The van der Waals surface area contributed by atoms with Gasteiger partial charge in [-0.2, -0.15) is 0 Å². The second kappa shape index (κ2) is 8.18. The van der Waals surface area contributed by atoms with Gasteiger partial charge in [-0.1, -0.05) is 47.5 Å². The zero-order chi connectivity index (χ0) is 19.4. The van der Waals surface area contributed by atoms with Crippen molar-refractivity contribution in [2.75, 3.05) is 5.32 Å². The van der Waals surface area contributed by atoms with Crippen LogP contribution in [0.1, 0.15) is 33.0 Å². The third kappa shape index (κ3) is 4.83. The van der Waals surface area contributed by atoms with E-state index in [-0.39, 0.29) is 5.91 Å². The Labute approximate surface area is 163 Å². The summed E-state index contributed by atoms with van der Waals surface area (Å²) in [7, 11) is 0. The van der Waals surface area contributed by atoms with E-state index in [0.29, 0.717) is 28.9 Å². The largest absolute Gasteiger partial charge is 0.347 e. The van der Waals surface area contributed by atoms with E-state index in [4.69, 9.17) is 11.6 Å². The molecule has 1 heterocycles. The van der Waals surface area contributed by atoms with Gasteiger partial charge in [0.1, 0.15) is 17.3 Å². The molecule has 3 rings (SSSR count). The van der Waals surface area contributed by atoms with Crippen LogP contribution in [0.4, 0.5) is 11.5 Å². The molecule has 2 N–H and O–H groups in total. The number of aryl methyl sites for hydroxylation is 2. The lowest BCUT2D eigenvalue weighted by atomic mass is 10.1. The number of nitrogens with zero attached hydrogens (tertiary/aromatic N) is 2. The first-order valence-electron chi connectivity index (χ1n) is 8.64. The van der Waals surface area contributed by atoms with Crippen LogP contribution in [0.2, 0.25) is 5.02 Å². The van der Waals surface area contributed by atoms with Crippen molar-refractivity contribution in [1.29, 1.82) is 0 Å². The van der Waals surface area contributed by atoms with Crippen LogP contribution >= 0.6 is 11.6 Å². The first kappa shape index (κ1) is 18.9. The molecule has 0 saturated carbocycles. The predicted octanol–water partition coefficient (Wildman–Crippen LogP) is 4.73. The average Bonchev–Trinajstić information content (AvgIpc) is 2.63. The second-order valence-corrected chi connectivity index (χ2v) is 6.80. The van der Waals surface area contributed by atoms with Crippen molar-refractivity contribution in [2.45, 2.75) is 27.3 Å². The van der Waals surface area contributed by atoms with Gasteiger partial charge in [-0.25, -0.2) is 9.97 Å². The van der Waals surface area contributed by atoms with Gasteiger partial charge < -0.3 is 10.6 Å². The number of amides is 1. The normalized spacial score (nSPS) is 10.5. The SMILES string of the molecule is Cc1cccc(CNC(=O)c2cc(Nc3cccc(Cl)c3C)nc(C)n2)c1. The number of hydrogen-bond donors (Lipinski definition) is 2. The van der Waals surface area contributed by atoms with Crippen LogP contribution in [0.15, 0.2) is 48.5 Å². The van der Waals surface area contributed by atoms with E-state index in [2.05, 4.69) is 20.6 Å². The van der Waals surface area contributed by atoms with Crippen molar-refractivity contribution in [3.8, 4) is 0 Å². The highest BCUT2D eigenvalue weighted by atomic mass is 35.5.